The third-order valence-corrected chi connectivity index (χ3v) is 4.20. The Hall–Kier alpha value is -2.93. The van der Waals surface area contributed by atoms with E-state index in [9.17, 15) is 10.1 Å². The van der Waals surface area contributed by atoms with E-state index in [0.29, 0.717) is 17.2 Å². The summed E-state index contributed by atoms with van der Waals surface area (Å²) in [6, 6.07) is 13.0. The first kappa shape index (κ1) is 15.9. The summed E-state index contributed by atoms with van der Waals surface area (Å²) in [5, 5.41) is 10.8. The largest absolute Gasteiger partial charge is 0.439 e. The maximum Gasteiger partial charge on any atom is 0.290 e. The van der Waals surface area contributed by atoms with Crippen molar-refractivity contribution in [2.45, 2.75) is 16.7 Å². The highest BCUT2D eigenvalue weighted by Crippen LogP contribution is 2.30. The van der Waals surface area contributed by atoms with Gasteiger partial charge in [-0.25, -0.2) is 4.98 Å². The van der Waals surface area contributed by atoms with Crippen LogP contribution >= 0.6 is 11.8 Å². The van der Waals surface area contributed by atoms with Gasteiger partial charge in [0, 0.05) is 33.8 Å². The molecule has 2 heterocycles. The molecular formula is C17H13N3O3S. The number of ether oxygens (including phenoxy) is 1. The number of aromatic nitrogens is 2. The first-order chi connectivity index (χ1) is 11.6. The molecule has 0 saturated heterocycles. The van der Waals surface area contributed by atoms with Crippen LogP contribution in [0.5, 0.6) is 11.6 Å². The van der Waals surface area contributed by atoms with E-state index >= 15 is 0 Å². The van der Waals surface area contributed by atoms with E-state index < -0.39 is 4.92 Å². The number of benzene rings is 1. The average molecular weight is 339 g/mol. The van der Waals surface area contributed by atoms with Gasteiger partial charge in [0.05, 0.1) is 4.92 Å². The van der Waals surface area contributed by atoms with Crippen LogP contribution < -0.4 is 4.74 Å². The molecule has 6 nitrogen and oxygen atoms in total. The van der Waals surface area contributed by atoms with Gasteiger partial charge in [-0.3, -0.25) is 15.1 Å². The van der Waals surface area contributed by atoms with Crippen LogP contribution in [0.15, 0.2) is 70.8 Å². The van der Waals surface area contributed by atoms with E-state index in [2.05, 4.69) is 9.97 Å². The molecule has 0 amide bonds. The van der Waals surface area contributed by atoms with E-state index in [-0.39, 0.29) is 5.69 Å². The molecule has 7 heteroatoms. The Labute approximate surface area is 142 Å². The summed E-state index contributed by atoms with van der Waals surface area (Å²) in [6.45, 7) is 1.65. The molecule has 0 N–H and O–H groups in total. The lowest BCUT2D eigenvalue weighted by atomic mass is 10.2. The summed E-state index contributed by atoms with van der Waals surface area (Å²) in [5.41, 5.74) is 0.487. The van der Waals surface area contributed by atoms with Crippen molar-refractivity contribution >= 4 is 17.4 Å². The Morgan fingerprint density at radius 2 is 1.75 bits per heavy atom. The summed E-state index contributed by atoms with van der Waals surface area (Å²) in [5.74, 6) is 0.947. The number of hydrogen-bond acceptors (Lipinski definition) is 6. The maximum absolute atomic E-state index is 10.8. The molecule has 3 aromatic rings. The summed E-state index contributed by atoms with van der Waals surface area (Å²) >= 11 is 1.62. The van der Waals surface area contributed by atoms with Gasteiger partial charge < -0.3 is 4.74 Å². The van der Waals surface area contributed by atoms with Crippen molar-refractivity contribution in [3.8, 4) is 11.6 Å². The zero-order valence-electron chi connectivity index (χ0n) is 12.7. The number of hydrogen-bond donors (Lipinski definition) is 0. The minimum absolute atomic E-state index is 0.0218. The molecule has 0 atom stereocenters. The molecule has 0 bridgehead atoms. The zero-order valence-corrected chi connectivity index (χ0v) is 13.6. The minimum atomic E-state index is -0.461. The number of nitro groups is 1. The number of nitrogens with zero attached hydrogens (tertiary/aromatic N) is 3. The van der Waals surface area contributed by atoms with Crippen LogP contribution in [-0.4, -0.2) is 14.9 Å². The van der Waals surface area contributed by atoms with Crippen LogP contribution in [0.3, 0.4) is 0 Å². The molecule has 0 fully saturated rings. The van der Waals surface area contributed by atoms with E-state index in [1.54, 1.807) is 37.1 Å². The second kappa shape index (κ2) is 7.10. The smallest absolute Gasteiger partial charge is 0.290 e. The summed E-state index contributed by atoms with van der Waals surface area (Å²) in [6.07, 6.45) is 4.71. The van der Waals surface area contributed by atoms with E-state index in [1.165, 1.54) is 6.20 Å². The number of pyridine rings is 2. The molecule has 0 unspecified atom stereocenters. The molecule has 120 valence electrons. The highest BCUT2D eigenvalue weighted by atomic mass is 32.2. The van der Waals surface area contributed by atoms with Gasteiger partial charge >= 0.3 is 0 Å². The second-order valence-corrected chi connectivity index (χ2v) is 6.07. The fourth-order valence-corrected chi connectivity index (χ4v) is 2.81. The number of rotatable bonds is 5. The monoisotopic (exact) mass is 339 g/mol. The number of aryl methyl sites for hydroxylation is 1. The maximum atomic E-state index is 10.8. The first-order valence-corrected chi connectivity index (χ1v) is 7.90. The Morgan fingerprint density at radius 1 is 1.08 bits per heavy atom. The van der Waals surface area contributed by atoms with Crippen LogP contribution in [0, 0.1) is 17.0 Å². The Morgan fingerprint density at radius 3 is 2.38 bits per heavy atom. The highest BCUT2D eigenvalue weighted by molar-refractivity contribution is 7.99. The molecule has 0 radical (unpaired) electrons. The normalized spacial score (nSPS) is 10.4. The van der Waals surface area contributed by atoms with Crippen LogP contribution in [-0.2, 0) is 0 Å². The lowest BCUT2D eigenvalue weighted by Gasteiger charge is -2.07. The van der Waals surface area contributed by atoms with Crippen LogP contribution in [0.25, 0.3) is 0 Å². The lowest BCUT2D eigenvalue weighted by Crippen LogP contribution is -1.95. The molecule has 2 aromatic heterocycles. The van der Waals surface area contributed by atoms with Crippen molar-refractivity contribution < 1.29 is 9.66 Å². The average Bonchev–Trinajstić information content (AvgIpc) is 2.57. The minimum Gasteiger partial charge on any atom is -0.439 e. The van der Waals surface area contributed by atoms with E-state index in [4.69, 9.17) is 4.74 Å². The fraction of sp³-hybridized carbons (Fsp3) is 0.0588. The summed E-state index contributed by atoms with van der Waals surface area (Å²) in [4.78, 5) is 20.5. The molecule has 0 aliphatic heterocycles. The quantitative estimate of drug-likeness (QED) is 0.498. The zero-order chi connectivity index (χ0) is 16.9. The first-order valence-electron chi connectivity index (χ1n) is 7.08. The van der Waals surface area contributed by atoms with E-state index in [1.807, 2.05) is 36.4 Å². The van der Waals surface area contributed by atoms with Crippen molar-refractivity contribution in [1.82, 2.24) is 9.97 Å². The fourth-order valence-electron chi connectivity index (χ4n) is 2.01. The molecule has 0 spiro atoms. The highest BCUT2D eigenvalue weighted by Gasteiger charge is 2.12. The molecule has 1 aromatic carbocycles. The van der Waals surface area contributed by atoms with E-state index in [0.717, 1.165) is 9.79 Å². The molecule has 0 aliphatic carbocycles. The standard InChI is InChI=1S/C17H13N3O3S/c1-12-10-17(19-11-16(12)20(21)22)23-13-2-4-14(5-3-13)24-15-6-8-18-9-7-15/h2-11H,1H3. The van der Waals surface area contributed by atoms with Gasteiger partial charge in [0.2, 0.25) is 5.88 Å². The molecule has 3 rings (SSSR count). The third kappa shape index (κ3) is 3.88. The van der Waals surface area contributed by atoms with Crippen molar-refractivity contribution in [2.24, 2.45) is 0 Å². The molecular weight excluding hydrogens is 326 g/mol. The van der Waals surface area contributed by atoms with Gasteiger partial charge in [-0.15, -0.1) is 0 Å². The van der Waals surface area contributed by atoms with Gasteiger partial charge in [-0.1, -0.05) is 11.8 Å². The Bertz CT molecular complexity index is 855. The van der Waals surface area contributed by atoms with Gasteiger partial charge in [0.1, 0.15) is 11.9 Å². The van der Waals surface area contributed by atoms with Crippen LogP contribution in [0.4, 0.5) is 5.69 Å². The van der Waals surface area contributed by atoms with Gasteiger partial charge in [0.25, 0.3) is 5.69 Å². The van der Waals surface area contributed by atoms with Gasteiger partial charge in [0.15, 0.2) is 0 Å². The Kier molecular flexibility index (Phi) is 4.72. The van der Waals surface area contributed by atoms with Crippen molar-refractivity contribution in [2.75, 3.05) is 0 Å². The molecule has 0 aliphatic rings. The van der Waals surface area contributed by atoms with Crippen LogP contribution in [0.2, 0.25) is 0 Å². The van der Waals surface area contributed by atoms with Gasteiger partial charge in [-0.2, -0.15) is 0 Å². The Balaban J connectivity index is 1.70. The summed E-state index contributed by atoms with van der Waals surface area (Å²) in [7, 11) is 0. The molecule has 0 saturated carbocycles. The lowest BCUT2D eigenvalue weighted by molar-refractivity contribution is -0.385. The SMILES string of the molecule is Cc1cc(Oc2ccc(Sc3ccncc3)cc2)ncc1[N+](=O)[O-]. The molecule has 24 heavy (non-hydrogen) atoms. The third-order valence-electron chi connectivity index (χ3n) is 3.19. The van der Waals surface area contributed by atoms with Crippen molar-refractivity contribution in [1.29, 1.82) is 0 Å². The van der Waals surface area contributed by atoms with Crippen LogP contribution in [0.1, 0.15) is 5.56 Å². The van der Waals surface area contributed by atoms with Crippen molar-refractivity contribution in [3.63, 3.8) is 0 Å². The predicted molar refractivity (Wildman–Crippen MR) is 90.5 cm³/mol. The predicted octanol–water partition coefficient (Wildman–Crippen LogP) is 4.64. The topological polar surface area (TPSA) is 78.2 Å². The second-order valence-electron chi connectivity index (χ2n) is 4.92. The summed E-state index contributed by atoms with van der Waals surface area (Å²) < 4.78 is 5.65. The van der Waals surface area contributed by atoms with Gasteiger partial charge in [-0.05, 0) is 43.3 Å². The van der Waals surface area contributed by atoms with Crippen molar-refractivity contribution in [3.05, 3.63) is 76.7 Å².